The average molecular weight is 402 g/mol. The molecule has 6 fully saturated rings. The van der Waals surface area contributed by atoms with Crippen LogP contribution in [-0.4, -0.2) is 34.2 Å². The molecule has 5 saturated carbocycles. The lowest BCUT2D eigenvalue weighted by Gasteiger charge is -2.57. The van der Waals surface area contributed by atoms with Crippen LogP contribution in [0.25, 0.3) is 0 Å². The summed E-state index contributed by atoms with van der Waals surface area (Å²) in [5.74, 6) is 1.88. The van der Waals surface area contributed by atoms with Gasteiger partial charge in [-0.2, -0.15) is 9.78 Å². The molecular weight excluding hydrogens is 372 g/mol. The lowest BCUT2D eigenvalue weighted by molar-refractivity contribution is -0.390. The molecule has 6 aliphatic rings. The molecule has 1 saturated heterocycles. The van der Waals surface area contributed by atoms with Crippen molar-refractivity contribution in [3.8, 4) is 0 Å². The van der Waals surface area contributed by atoms with Gasteiger partial charge in [-0.25, -0.2) is 9.78 Å². The van der Waals surface area contributed by atoms with Gasteiger partial charge in [0.1, 0.15) is 0 Å². The van der Waals surface area contributed by atoms with Gasteiger partial charge in [-0.3, -0.25) is 0 Å². The number of hydrogen-bond acceptors (Lipinski definition) is 6. The van der Waals surface area contributed by atoms with Crippen LogP contribution in [0.3, 0.4) is 0 Å². The van der Waals surface area contributed by atoms with Gasteiger partial charge < -0.3 is 14.0 Å². The Morgan fingerprint density at radius 1 is 1.14 bits per heavy atom. The third kappa shape index (κ3) is 2.88. The van der Waals surface area contributed by atoms with Crippen molar-refractivity contribution in [1.82, 2.24) is 9.55 Å². The molecule has 7 rings (SSSR count). The topological polar surface area (TPSA) is 71.8 Å². The molecule has 1 aliphatic heterocycles. The van der Waals surface area contributed by atoms with Crippen molar-refractivity contribution < 1.29 is 24.0 Å². The number of imidazole rings is 1. The van der Waals surface area contributed by atoms with Gasteiger partial charge in [-0.15, -0.1) is 0 Å². The van der Waals surface area contributed by atoms with Crippen LogP contribution in [0.15, 0.2) is 12.5 Å². The molecule has 0 N–H and O–H groups in total. The lowest BCUT2D eigenvalue weighted by atomic mass is 9.53. The molecule has 0 atom stereocenters. The summed E-state index contributed by atoms with van der Waals surface area (Å²) in [4.78, 5) is 27.9. The van der Waals surface area contributed by atoms with Crippen LogP contribution in [-0.2, 0) is 25.8 Å². The summed E-state index contributed by atoms with van der Waals surface area (Å²) in [5, 5.41) is 0. The first-order valence-corrected chi connectivity index (χ1v) is 11.2. The Hall–Kier alpha value is -1.44. The zero-order chi connectivity index (χ0) is 19.6. The van der Waals surface area contributed by atoms with Crippen LogP contribution < -0.4 is 0 Å². The first kappa shape index (κ1) is 18.3. The SMILES string of the molecule is COC(=O)c1cn(CC2CCC3(CC2)OOC2(O3)C3CC4CC(C3)CC2C4)cn1. The molecular formula is C22H30N2O5. The number of nitrogens with zero attached hydrogens (tertiary/aromatic N) is 2. The summed E-state index contributed by atoms with van der Waals surface area (Å²) in [6, 6.07) is 0. The van der Waals surface area contributed by atoms with Crippen molar-refractivity contribution in [3.63, 3.8) is 0 Å². The molecule has 0 aromatic carbocycles. The van der Waals surface area contributed by atoms with Crippen molar-refractivity contribution in [2.45, 2.75) is 75.9 Å². The fraction of sp³-hybridized carbons (Fsp3) is 0.818. The zero-order valence-corrected chi connectivity index (χ0v) is 17.0. The molecule has 0 unspecified atom stereocenters. The van der Waals surface area contributed by atoms with Gasteiger partial charge in [0.2, 0.25) is 11.6 Å². The van der Waals surface area contributed by atoms with Crippen LogP contribution in [0.1, 0.15) is 68.3 Å². The number of hydrogen-bond donors (Lipinski definition) is 0. The highest BCUT2D eigenvalue weighted by molar-refractivity contribution is 5.86. The van der Waals surface area contributed by atoms with Crippen molar-refractivity contribution in [2.75, 3.05) is 7.11 Å². The Bertz CT molecular complexity index is 769. The minimum absolute atomic E-state index is 0.361. The number of ether oxygens (including phenoxy) is 2. The zero-order valence-electron chi connectivity index (χ0n) is 17.0. The first-order chi connectivity index (χ1) is 14.1. The van der Waals surface area contributed by atoms with E-state index in [1.54, 1.807) is 12.5 Å². The molecule has 5 aliphatic carbocycles. The maximum absolute atomic E-state index is 11.6. The molecule has 0 amide bonds. The maximum atomic E-state index is 11.6. The Balaban J connectivity index is 1.09. The molecule has 7 heteroatoms. The molecule has 7 nitrogen and oxygen atoms in total. The predicted molar refractivity (Wildman–Crippen MR) is 101 cm³/mol. The average Bonchev–Trinajstić information content (AvgIpc) is 3.33. The minimum Gasteiger partial charge on any atom is -0.464 e. The highest BCUT2D eigenvalue weighted by Gasteiger charge is 2.66. The minimum atomic E-state index is -0.558. The van der Waals surface area contributed by atoms with Gasteiger partial charge in [0.05, 0.1) is 13.4 Å². The van der Waals surface area contributed by atoms with Crippen LogP contribution in [0.4, 0.5) is 0 Å². The molecule has 2 heterocycles. The fourth-order valence-electron chi connectivity index (χ4n) is 7.06. The quantitative estimate of drug-likeness (QED) is 0.567. The van der Waals surface area contributed by atoms with E-state index in [1.165, 1.54) is 39.2 Å². The Morgan fingerprint density at radius 3 is 2.48 bits per heavy atom. The monoisotopic (exact) mass is 402 g/mol. The Labute approximate surface area is 171 Å². The van der Waals surface area contributed by atoms with E-state index in [0.29, 0.717) is 23.4 Å². The molecule has 4 bridgehead atoms. The van der Waals surface area contributed by atoms with E-state index in [0.717, 1.165) is 44.1 Å². The van der Waals surface area contributed by atoms with Gasteiger partial charge in [0, 0.05) is 37.4 Å². The molecule has 1 aromatic heterocycles. The van der Waals surface area contributed by atoms with Crippen LogP contribution in [0.2, 0.25) is 0 Å². The van der Waals surface area contributed by atoms with Crippen molar-refractivity contribution in [3.05, 3.63) is 18.2 Å². The van der Waals surface area contributed by atoms with Crippen molar-refractivity contribution in [2.24, 2.45) is 29.6 Å². The van der Waals surface area contributed by atoms with E-state index in [9.17, 15) is 4.79 Å². The molecule has 29 heavy (non-hydrogen) atoms. The van der Waals surface area contributed by atoms with Gasteiger partial charge in [-0.1, -0.05) is 0 Å². The summed E-state index contributed by atoms with van der Waals surface area (Å²) in [6.07, 6.45) is 13.7. The number of carbonyl (C=O) groups excluding carboxylic acids is 1. The predicted octanol–water partition coefficient (Wildman–Crippen LogP) is 3.69. The maximum Gasteiger partial charge on any atom is 0.358 e. The van der Waals surface area contributed by atoms with Crippen LogP contribution >= 0.6 is 0 Å². The largest absolute Gasteiger partial charge is 0.464 e. The second-order valence-electron chi connectivity index (χ2n) is 10.1. The molecule has 2 spiro atoms. The third-order valence-corrected chi connectivity index (χ3v) is 8.31. The second kappa shape index (κ2) is 6.53. The smallest absolute Gasteiger partial charge is 0.358 e. The standard InChI is InChI=1S/C22H30N2O5/c1-26-20(25)19-12-24(13-23-19)11-14-2-4-21(5-3-14)27-22(29-28-21)17-7-15-6-16(9-17)10-18(22)8-15/h12-18H,2-11H2,1H3. The van der Waals surface area contributed by atoms with E-state index >= 15 is 0 Å². The van der Waals surface area contributed by atoms with Crippen molar-refractivity contribution in [1.29, 1.82) is 0 Å². The van der Waals surface area contributed by atoms with Crippen LogP contribution in [0, 0.1) is 29.6 Å². The number of carbonyl (C=O) groups is 1. The first-order valence-electron chi connectivity index (χ1n) is 11.2. The highest BCUT2D eigenvalue weighted by Crippen LogP contribution is 2.63. The normalized spacial score (nSPS) is 45.3. The van der Waals surface area contributed by atoms with Crippen LogP contribution in [0.5, 0.6) is 0 Å². The van der Waals surface area contributed by atoms with E-state index < -0.39 is 17.5 Å². The fourth-order valence-corrected chi connectivity index (χ4v) is 7.06. The highest BCUT2D eigenvalue weighted by atomic mass is 17.3. The second-order valence-corrected chi connectivity index (χ2v) is 10.1. The van der Waals surface area contributed by atoms with E-state index in [4.69, 9.17) is 19.2 Å². The molecule has 0 radical (unpaired) electrons. The van der Waals surface area contributed by atoms with E-state index in [-0.39, 0.29) is 0 Å². The summed E-state index contributed by atoms with van der Waals surface area (Å²) in [6.45, 7) is 0.848. The lowest BCUT2D eigenvalue weighted by Crippen LogP contribution is -2.59. The van der Waals surface area contributed by atoms with E-state index in [2.05, 4.69) is 4.98 Å². The summed E-state index contributed by atoms with van der Waals surface area (Å²) >= 11 is 0. The molecule has 158 valence electrons. The van der Waals surface area contributed by atoms with E-state index in [1.807, 2.05) is 4.57 Å². The van der Waals surface area contributed by atoms with Gasteiger partial charge in [0.15, 0.2) is 5.69 Å². The number of rotatable bonds is 3. The van der Waals surface area contributed by atoms with Gasteiger partial charge >= 0.3 is 5.97 Å². The van der Waals surface area contributed by atoms with Gasteiger partial charge in [0.25, 0.3) is 0 Å². The molecule has 1 aromatic rings. The summed E-state index contributed by atoms with van der Waals surface area (Å²) in [5.41, 5.74) is 0.361. The number of esters is 1. The number of methoxy groups -OCH3 is 1. The number of aromatic nitrogens is 2. The van der Waals surface area contributed by atoms with Gasteiger partial charge in [-0.05, 0) is 62.7 Å². The Kier molecular flexibility index (Phi) is 4.13. The van der Waals surface area contributed by atoms with Crippen molar-refractivity contribution >= 4 is 5.97 Å². The third-order valence-electron chi connectivity index (χ3n) is 8.31. The Morgan fingerprint density at radius 2 is 1.83 bits per heavy atom. The summed E-state index contributed by atoms with van der Waals surface area (Å²) in [7, 11) is 1.38. The summed E-state index contributed by atoms with van der Waals surface area (Å²) < 4.78 is 13.5.